The third-order valence-electron chi connectivity index (χ3n) is 3.91. The minimum Gasteiger partial charge on any atom is -0.393 e. The van der Waals surface area contributed by atoms with Gasteiger partial charge in [0.1, 0.15) is 0 Å². The van der Waals surface area contributed by atoms with Crippen LogP contribution >= 0.6 is 0 Å². The van der Waals surface area contributed by atoms with E-state index in [2.05, 4.69) is 0 Å². The van der Waals surface area contributed by atoms with Crippen molar-refractivity contribution in [3.05, 3.63) is 0 Å². The van der Waals surface area contributed by atoms with Crippen LogP contribution in [0.4, 0.5) is 0 Å². The monoisotopic (exact) mass is 216 g/mol. The van der Waals surface area contributed by atoms with Crippen molar-refractivity contribution in [3.8, 4) is 0 Å². The van der Waals surface area contributed by atoms with Crippen molar-refractivity contribution in [1.29, 1.82) is 0 Å². The van der Waals surface area contributed by atoms with Gasteiger partial charge in [-0.3, -0.25) is 0 Å². The quantitative estimate of drug-likeness (QED) is 0.619. The van der Waals surface area contributed by atoms with Crippen LogP contribution in [-0.4, -0.2) is 41.4 Å². The van der Waals surface area contributed by atoms with E-state index in [4.69, 9.17) is 9.47 Å². The molecule has 2 heterocycles. The number of ether oxygens (including phenoxy) is 2. The fourth-order valence-corrected chi connectivity index (χ4v) is 2.70. The minimum atomic E-state index is -0.782. The van der Waals surface area contributed by atoms with Crippen molar-refractivity contribution in [2.75, 3.05) is 13.2 Å². The highest BCUT2D eigenvalue weighted by atomic mass is 16.7. The van der Waals surface area contributed by atoms with Gasteiger partial charge in [0, 0.05) is 11.8 Å². The van der Waals surface area contributed by atoms with Crippen LogP contribution in [0.1, 0.15) is 26.7 Å². The van der Waals surface area contributed by atoms with E-state index < -0.39 is 18.0 Å². The molecule has 0 bridgehead atoms. The van der Waals surface area contributed by atoms with Gasteiger partial charge in [0.25, 0.3) is 0 Å². The lowest BCUT2D eigenvalue weighted by Crippen LogP contribution is -2.60. The van der Waals surface area contributed by atoms with Gasteiger partial charge >= 0.3 is 0 Å². The summed E-state index contributed by atoms with van der Waals surface area (Å²) < 4.78 is 11.5. The zero-order valence-electron chi connectivity index (χ0n) is 9.35. The largest absolute Gasteiger partial charge is 0.393 e. The van der Waals surface area contributed by atoms with Gasteiger partial charge in [0.05, 0.1) is 25.4 Å². The molecular formula is C11H20O4. The molecule has 4 heteroatoms. The number of aliphatic hydroxyl groups excluding tert-OH is 2. The van der Waals surface area contributed by atoms with Crippen LogP contribution in [0.5, 0.6) is 0 Å². The maximum atomic E-state index is 9.86. The van der Waals surface area contributed by atoms with Crippen LogP contribution < -0.4 is 0 Å². The van der Waals surface area contributed by atoms with Crippen LogP contribution in [0.3, 0.4) is 0 Å². The van der Waals surface area contributed by atoms with E-state index in [1.54, 1.807) is 0 Å². The van der Waals surface area contributed by atoms with Gasteiger partial charge in [-0.25, -0.2) is 0 Å². The Bertz CT molecular complexity index is 207. The molecule has 2 N–H and O–H groups in total. The molecule has 4 nitrogen and oxygen atoms in total. The highest BCUT2D eigenvalue weighted by Crippen LogP contribution is 2.42. The first kappa shape index (κ1) is 11.3. The summed E-state index contributed by atoms with van der Waals surface area (Å²) in [4.78, 5) is 0. The molecular weight excluding hydrogens is 196 g/mol. The standard InChI is InChI=1S/C11H20O4/c1-7-9(12)3-5-14-11(7)8(2)10(13)4-6-15-11/h7-10,12-13H,3-6H2,1-2H3/t7-,8+,9-,10-,11?/m1/s1. The smallest absolute Gasteiger partial charge is 0.178 e. The molecule has 0 aromatic carbocycles. The van der Waals surface area contributed by atoms with Gasteiger partial charge in [0.15, 0.2) is 5.79 Å². The van der Waals surface area contributed by atoms with Crippen LogP contribution in [0.15, 0.2) is 0 Å². The molecule has 0 radical (unpaired) electrons. The summed E-state index contributed by atoms with van der Waals surface area (Å²) in [6.45, 7) is 4.86. The van der Waals surface area contributed by atoms with Gasteiger partial charge in [-0.05, 0) is 12.8 Å². The van der Waals surface area contributed by atoms with Gasteiger partial charge in [-0.15, -0.1) is 0 Å². The summed E-state index contributed by atoms with van der Waals surface area (Å²) in [5.41, 5.74) is 0. The summed E-state index contributed by atoms with van der Waals surface area (Å²) in [5.74, 6) is -0.956. The predicted octanol–water partition coefficient (Wildman–Crippen LogP) is 0.517. The second-order valence-corrected chi connectivity index (χ2v) is 4.71. The molecule has 0 aliphatic carbocycles. The van der Waals surface area contributed by atoms with Crippen molar-refractivity contribution < 1.29 is 19.7 Å². The van der Waals surface area contributed by atoms with E-state index in [1.807, 2.05) is 13.8 Å². The molecule has 5 atom stereocenters. The lowest BCUT2D eigenvalue weighted by atomic mass is 9.78. The van der Waals surface area contributed by atoms with Crippen LogP contribution in [-0.2, 0) is 9.47 Å². The second kappa shape index (κ2) is 4.01. The van der Waals surface area contributed by atoms with Gasteiger partial charge in [-0.2, -0.15) is 0 Å². The number of rotatable bonds is 0. The van der Waals surface area contributed by atoms with E-state index in [-0.39, 0.29) is 11.8 Å². The third-order valence-corrected chi connectivity index (χ3v) is 3.91. The molecule has 0 aromatic heterocycles. The van der Waals surface area contributed by atoms with Crippen molar-refractivity contribution >= 4 is 0 Å². The topological polar surface area (TPSA) is 58.9 Å². The molecule has 2 saturated heterocycles. The first-order valence-corrected chi connectivity index (χ1v) is 5.72. The average Bonchev–Trinajstić information content (AvgIpc) is 2.22. The summed E-state index contributed by atoms with van der Waals surface area (Å²) in [6, 6.07) is 0. The Labute approximate surface area is 90.2 Å². The Morgan fingerprint density at radius 3 is 1.73 bits per heavy atom. The van der Waals surface area contributed by atoms with Crippen molar-refractivity contribution in [2.24, 2.45) is 11.8 Å². The molecule has 15 heavy (non-hydrogen) atoms. The molecule has 2 aliphatic rings. The van der Waals surface area contributed by atoms with Crippen LogP contribution in [0.25, 0.3) is 0 Å². The maximum Gasteiger partial charge on any atom is 0.178 e. The van der Waals surface area contributed by atoms with Gasteiger partial charge in [0.2, 0.25) is 0 Å². The number of hydrogen-bond acceptors (Lipinski definition) is 4. The first-order chi connectivity index (χ1) is 7.08. The fourth-order valence-electron chi connectivity index (χ4n) is 2.70. The molecule has 1 spiro atoms. The Morgan fingerprint density at radius 2 is 1.33 bits per heavy atom. The summed E-state index contributed by atoms with van der Waals surface area (Å²) in [7, 11) is 0. The van der Waals surface area contributed by atoms with Gasteiger partial charge < -0.3 is 19.7 Å². The molecule has 88 valence electrons. The second-order valence-electron chi connectivity index (χ2n) is 4.71. The minimum absolute atomic E-state index is 0.0869. The van der Waals surface area contributed by atoms with E-state index in [0.29, 0.717) is 26.1 Å². The Kier molecular flexibility index (Phi) is 3.03. The normalized spacial score (nSPS) is 52.0. The van der Waals surface area contributed by atoms with Crippen LogP contribution in [0.2, 0.25) is 0 Å². The zero-order chi connectivity index (χ0) is 11.1. The molecule has 2 rings (SSSR count). The van der Waals surface area contributed by atoms with E-state index in [9.17, 15) is 10.2 Å². The van der Waals surface area contributed by atoms with Gasteiger partial charge in [-0.1, -0.05) is 13.8 Å². The maximum absolute atomic E-state index is 9.86. The van der Waals surface area contributed by atoms with Crippen molar-refractivity contribution in [3.63, 3.8) is 0 Å². The molecule has 2 aliphatic heterocycles. The highest BCUT2D eigenvalue weighted by molar-refractivity contribution is 4.94. The van der Waals surface area contributed by atoms with E-state index >= 15 is 0 Å². The Morgan fingerprint density at radius 1 is 0.933 bits per heavy atom. The first-order valence-electron chi connectivity index (χ1n) is 5.72. The average molecular weight is 216 g/mol. The molecule has 0 aromatic rings. The fraction of sp³-hybridized carbons (Fsp3) is 1.00. The number of aliphatic hydroxyl groups is 2. The lowest BCUT2D eigenvalue weighted by molar-refractivity contribution is -0.350. The Balaban J connectivity index is 2.22. The number of hydrogen-bond donors (Lipinski definition) is 2. The predicted molar refractivity (Wildman–Crippen MR) is 54.2 cm³/mol. The summed E-state index contributed by atoms with van der Waals surface area (Å²) >= 11 is 0. The van der Waals surface area contributed by atoms with E-state index in [1.165, 1.54) is 0 Å². The molecule has 1 unspecified atom stereocenters. The van der Waals surface area contributed by atoms with Crippen molar-refractivity contribution in [2.45, 2.75) is 44.7 Å². The summed E-state index contributed by atoms with van der Waals surface area (Å²) in [5, 5.41) is 19.7. The highest BCUT2D eigenvalue weighted by Gasteiger charge is 2.53. The third kappa shape index (κ3) is 1.69. The summed E-state index contributed by atoms with van der Waals surface area (Å²) in [6.07, 6.45) is 0.502. The lowest BCUT2D eigenvalue weighted by Gasteiger charge is -2.51. The molecule has 0 saturated carbocycles. The molecule has 0 amide bonds. The van der Waals surface area contributed by atoms with Crippen molar-refractivity contribution in [1.82, 2.24) is 0 Å². The SMILES string of the molecule is C[C@@H]1[C@H](O)CCOC12OCC[C@@H](O)[C@@H]2C. The van der Waals surface area contributed by atoms with Crippen LogP contribution in [0, 0.1) is 11.8 Å². The zero-order valence-corrected chi connectivity index (χ0v) is 9.35. The Hall–Kier alpha value is -0.160. The molecule has 2 fully saturated rings. The van der Waals surface area contributed by atoms with E-state index in [0.717, 1.165) is 0 Å².